The maximum absolute atomic E-state index is 12.7. The standard InChI is InChI=1S/C18H25N5O2/c1-13-16(14(2)21(3)20-13)12-18(24)23-9-7-22(8-10-23)17-11-15(25-4)5-6-19-17/h5-6,11H,7-10,12H2,1-4H3. The fraction of sp³-hybridized carbons (Fsp3) is 0.500. The molecule has 3 heterocycles. The molecule has 0 N–H and O–H groups in total. The molecule has 0 aromatic carbocycles. The minimum atomic E-state index is 0.164. The SMILES string of the molecule is COc1ccnc(N2CCN(C(=O)Cc3c(C)nn(C)c3C)CC2)c1. The quantitative estimate of drug-likeness (QED) is 0.838. The summed E-state index contributed by atoms with van der Waals surface area (Å²) in [6.45, 7) is 6.93. The summed E-state index contributed by atoms with van der Waals surface area (Å²) in [5.41, 5.74) is 3.04. The molecule has 1 aliphatic rings. The summed E-state index contributed by atoms with van der Waals surface area (Å²) in [4.78, 5) is 21.2. The molecule has 7 nitrogen and oxygen atoms in total. The van der Waals surface area contributed by atoms with Gasteiger partial charge < -0.3 is 14.5 Å². The summed E-state index contributed by atoms with van der Waals surface area (Å²) in [5, 5.41) is 4.39. The Balaban J connectivity index is 1.61. The highest BCUT2D eigenvalue weighted by atomic mass is 16.5. The highest BCUT2D eigenvalue weighted by Crippen LogP contribution is 2.20. The molecule has 0 radical (unpaired) electrons. The summed E-state index contributed by atoms with van der Waals surface area (Å²) in [6, 6.07) is 3.77. The average molecular weight is 343 g/mol. The number of ether oxygens (including phenoxy) is 1. The van der Waals surface area contributed by atoms with Gasteiger partial charge in [0.25, 0.3) is 0 Å². The van der Waals surface area contributed by atoms with Gasteiger partial charge in [0.2, 0.25) is 5.91 Å². The second kappa shape index (κ2) is 7.13. The van der Waals surface area contributed by atoms with Crippen molar-refractivity contribution in [3.05, 3.63) is 35.3 Å². The molecule has 0 aliphatic carbocycles. The molecule has 0 atom stereocenters. The van der Waals surface area contributed by atoms with E-state index in [1.807, 2.05) is 42.6 Å². The van der Waals surface area contributed by atoms with Gasteiger partial charge in [0.15, 0.2) is 0 Å². The smallest absolute Gasteiger partial charge is 0.227 e. The Labute approximate surface area is 148 Å². The van der Waals surface area contributed by atoms with Crippen molar-refractivity contribution >= 4 is 11.7 Å². The van der Waals surface area contributed by atoms with Crippen LogP contribution in [0.3, 0.4) is 0 Å². The number of carbonyl (C=O) groups excluding carboxylic acids is 1. The Kier molecular flexibility index (Phi) is 4.92. The van der Waals surface area contributed by atoms with Gasteiger partial charge in [-0.1, -0.05) is 0 Å². The monoisotopic (exact) mass is 343 g/mol. The Bertz CT molecular complexity index is 763. The zero-order valence-electron chi connectivity index (χ0n) is 15.3. The van der Waals surface area contributed by atoms with Crippen molar-refractivity contribution in [2.24, 2.45) is 7.05 Å². The third kappa shape index (κ3) is 3.60. The van der Waals surface area contributed by atoms with Crippen LogP contribution < -0.4 is 9.64 Å². The van der Waals surface area contributed by atoms with Gasteiger partial charge in [-0.25, -0.2) is 4.98 Å². The van der Waals surface area contributed by atoms with Gasteiger partial charge in [0.1, 0.15) is 11.6 Å². The molecule has 3 rings (SSSR count). The molecule has 7 heteroatoms. The summed E-state index contributed by atoms with van der Waals surface area (Å²) in [6.07, 6.45) is 2.17. The Hall–Kier alpha value is -2.57. The minimum Gasteiger partial charge on any atom is -0.497 e. The molecule has 0 bridgehead atoms. The molecule has 0 spiro atoms. The van der Waals surface area contributed by atoms with Gasteiger partial charge >= 0.3 is 0 Å². The van der Waals surface area contributed by atoms with Gasteiger partial charge in [-0.3, -0.25) is 9.48 Å². The fourth-order valence-electron chi connectivity index (χ4n) is 3.22. The number of aromatic nitrogens is 3. The number of rotatable bonds is 4. The van der Waals surface area contributed by atoms with Crippen LogP contribution in [0.2, 0.25) is 0 Å². The van der Waals surface area contributed by atoms with Crippen LogP contribution in [0.15, 0.2) is 18.3 Å². The van der Waals surface area contributed by atoms with Gasteiger partial charge in [-0.2, -0.15) is 5.10 Å². The van der Waals surface area contributed by atoms with Gasteiger partial charge in [-0.15, -0.1) is 0 Å². The molecule has 1 aliphatic heterocycles. The molecule has 0 saturated carbocycles. The van der Waals surface area contributed by atoms with Crippen LogP contribution in [-0.4, -0.2) is 58.9 Å². The molecule has 2 aromatic rings. The number of aryl methyl sites for hydroxylation is 2. The zero-order chi connectivity index (χ0) is 18.0. The summed E-state index contributed by atoms with van der Waals surface area (Å²) in [5.74, 6) is 1.86. The van der Waals surface area contributed by atoms with Crippen molar-refractivity contribution in [3.8, 4) is 5.75 Å². The van der Waals surface area contributed by atoms with E-state index in [0.717, 1.165) is 41.6 Å². The van der Waals surface area contributed by atoms with Crippen molar-refractivity contribution < 1.29 is 9.53 Å². The Morgan fingerprint density at radius 1 is 1.24 bits per heavy atom. The molecule has 1 saturated heterocycles. The number of piperazine rings is 1. The van der Waals surface area contributed by atoms with E-state index in [1.165, 1.54) is 0 Å². The third-order valence-electron chi connectivity index (χ3n) is 4.90. The van der Waals surface area contributed by atoms with E-state index in [0.29, 0.717) is 19.5 Å². The van der Waals surface area contributed by atoms with E-state index in [9.17, 15) is 4.79 Å². The summed E-state index contributed by atoms with van der Waals surface area (Å²) >= 11 is 0. The van der Waals surface area contributed by atoms with E-state index in [1.54, 1.807) is 13.3 Å². The highest BCUT2D eigenvalue weighted by molar-refractivity contribution is 5.79. The molecule has 2 aromatic heterocycles. The summed E-state index contributed by atoms with van der Waals surface area (Å²) < 4.78 is 7.09. The van der Waals surface area contributed by atoms with Gasteiger partial charge in [0.05, 0.1) is 19.2 Å². The van der Waals surface area contributed by atoms with E-state index in [4.69, 9.17) is 4.74 Å². The van der Waals surface area contributed by atoms with Crippen LogP contribution in [-0.2, 0) is 18.3 Å². The molecule has 134 valence electrons. The van der Waals surface area contributed by atoms with E-state index < -0.39 is 0 Å². The largest absolute Gasteiger partial charge is 0.497 e. The van der Waals surface area contributed by atoms with Crippen molar-refractivity contribution in [1.29, 1.82) is 0 Å². The molecule has 0 unspecified atom stereocenters. The second-order valence-electron chi connectivity index (χ2n) is 6.37. The average Bonchev–Trinajstić information content (AvgIpc) is 2.88. The fourth-order valence-corrected chi connectivity index (χ4v) is 3.22. The first-order chi connectivity index (χ1) is 12.0. The molecule has 25 heavy (non-hydrogen) atoms. The first kappa shape index (κ1) is 17.3. The lowest BCUT2D eigenvalue weighted by Crippen LogP contribution is -2.49. The topological polar surface area (TPSA) is 63.5 Å². The summed E-state index contributed by atoms with van der Waals surface area (Å²) in [7, 11) is 3.56. The normalized spacial score (nSPS) is 14.7. The number of methoxy groups -OCH3 is 1. The van der Waals surface area contributed by atoms with Crippen molar-refractivity contribution in [1.82, 2.24) is 19.7 Å². The van der Waals surface area contributed by atoms with Crippen LogP contribution in [0.4, 0.5) is 5.82 Å². The number of amides is 1. The number of nitrogens with zero attached hydrogens (tertiary/aromatic N) is 5. The number of hydrogen-bond acceptors (Lipinski definition) is 5. The van der Waals surface area contributed by atoms with Crippen LogP contribution in [0.1, 0.15) is 17.0 Å². The zero-order valence-corrected chi connectivity index (χ0v) is 15.3. The number of carbonyl (C=O) groups is 1. The lowest BCUT2D eigenvalue weighted by molar-refractivity contribution is -0.130. The van der Waals surface area contributed by atoms with Crippen LogP contribution in [0.5, 0.6) is 5.75 Å². The predicted molar refractivity (Wildman–Crippen MR) is 96.0 cm³/mol. The number of pyridine rings is 1. The first-order valence-corrected chi connectivity index (χ1v) is 8.51. The maximum atomic E-state index is 12.7. The molecular formula is C18H25N5O2. The Morgan fingerprint density at radius 3 is 2.56 bits per heavy atom. The van der Waals surface area contributed by atoms with Crippen LogP contribution >= 0.6 is 0 Å². The minimum absolute atomic E-state index is 0.164. The Morgan fingerprint density at radius 2 is 1.96 bits per heavy atom. The van der Waals surface area contributed by atoms with Crippen LogP contribution in [0, 0.1) is 13.8 Å². The highest BCUT2D eigenvalue weighted by Gasteiger charge is 2.24. The van der Waals surface area contributed by atoms with Gasteiger partial charge in [0, 0.05) is 56.7 Å². The van der Waals surface area contributed by atoms with Crippen LogP contribution in [0.25, 0.3) is 0 Å². The van der Waals surface area contributed by atoms with Crippen molar-refractivity contribution in [2.75, 3.05) is 38.2 Å². The number of hydrogen-bond donors (Lipinski definition) is 0. The first-order valence-electron chi connectivity index (χ1n) is 8.51. The molecule has 1 amide bonds. The van der Waals surface area contributed by atoms with E-state index in [-0.39, 0.29) is 5.91 Å². The maximum Gasteiger partial charge on any atom is 0.227 e. The van der Waals surface area contributed by atoms with Crippen molar-refractivity contribution in [3.63, 3.8) is 0 Å². The third-order valence-corrected chi connectivity index (χ3v) is 4.90. The van der Waals surface area contributed by atoms with E-state index in [2.05, 4.69) is 15.0 Å². The van der Waals surface area contributed by atoms with E-state index >= 15 is 0 Å². The molecular weight excluding hydrogens is 318 g/mol. The lowest BCUT2D eigenvalue weighted by atomic mass is 10.1. The second-order valence-corrected chi connectivity index (χ2v) is 6.37. The van der Waals surface area contributed by atoms with Crippen molar-refractivity contribution in [2.45, 2.75) is 20.3 Å². The number of anilines is 1. The predicted octanol–water partition coefficient (Wildman–Crippen LogP) is 1.33. The molecule has 1 fully saturated rings. The van der Waals surface area contributed by atoms with Gasteiger partial charge in [-0.05, 0) is 19.9 Å². The lowest BCUT2D eigenvalue weighted by Gasteiger charge is -2.35.